The zero-order valence-electron chi connectivity index (χ0n) is 8.55. The molecular formula is C11H16BrNO. The van der Waals surface area contributed by atoms with Crippen LogP contribution in [0.2, 0.25) is 0 Å². The van der Waals surface area contributed by atoms with E-state index in [-0.39, 0.29) is 12.0 Å². The van der Waals surface area contributed by atoms with Crippen LogP contribution in [0.3, 0.4) is 0 Å². The highest BCUT2D eigenvalue weighted by Gasteiger charge is 2.24. The molecule has 0 aliphatic rings. The molecule has 78 valence electrons. The van der Waals surface area contributed by atoms with E-state index >= 15 is 0 Å². The molecular weight excluding hydrogens is 242 g/mol. The zero-order chi connectivity index (χ0) is 10.6. The number of likely N-dealkylation sites (N-methyl/N-ethyl adjacent to an activating group) is 1. The summed E-state index contributed by atoms with van der Waals surface area (Å²) in [7, 11) is 1.89. The summed E-state index contributed by atoms with van der Waals surface area (Å²) < 4.78 is 1.05. The van der Waals surface area contributed by atoms with E-state index in [0.717, 1.165) is 16.6 Å². The first-order valence-electron chi connectivity index (χ1n) is 4.64. The van der Waals surface area contributed by atoms with Gasteiger partial charge in [-0.1, -0.05) is 35.0 Å². The molecule has 0 spiro atoms. The lowest BCUT2D eigenvalue weighted by Gasteiger charge is -2.27. The van der Waals surface area contributed by atoms with E-state index in [1.165, 1.54) is 0 Å². The van der Waals surface area contributed by atoms with Gasteiger partial charge >= 0.3 is 0 Å². The summed E-state index contributed by atoms with van der Waals surface area (Å²) in [6, 6.07) is 8.07. The van der Waals surface area contributed by atoms with E-state index in [4.69, 9.17) is 0 Å². The third kappa shape index (κ3) is 2.56. The van der Waals surface area contributed by atoms with Crippen molar-refractivity contribution in [2.75, 3.05) is 20.2 Å². The Morgan fingerprint density at radius 3 is 2.71 bits per heavy atom. The molecule has 0 saturated carbocycles. The molecule has 0 aliphatic heterocycles. The molecule has 0 fully saturated rings. The van der Waals surface area contributed by atoms with Gasteiger partial charge in [-0.3, -0.25) is 0 Å². The Morgan fingerprint density at radius 1 is 1.50 bits per heavy atom. The molecule has 2 N–H and O–H groups in total. The monoisotopic (exact) mass is 257 g/mol. The van der Waals surface area contributed by atoms with E-state index in [1.807, 2.05) is 38.2 Å². The molecule has 2 nitrogen and oxygen atoms in total. The van der Waals surface area contributed by atoms with E-state index in [1.54, 1.807) is 0 Å². The van der Waals surface area contributed by atoms with Crippen molar-refractivity contribution in [1.82, 2.24) is 5.32 Å². The fourth-order valence-corrected chi connectivity index (χ4v) is 1.90. The number of hydrogen-bond acceptors (Lipinski definition) is 2. The smallest absolute Gasteiger partial charge is 0.0537 e. The second-order valence-corrected chi connectivity index (χ2v) is 4.68. The predicted molar refractivity (Wildman–Crippen MR) is 62.5 cm³/mol. The van der Waals surface area contributed by atoms with Crippen molar-refractivity contribution >= 4 is 15.9 Å². The summed E-state index contributed by atoms with van der Waals surface area (Å²) in [5.74, 6) is 0. The second-order valence-electron chi connectivity index (χ2n) is 3.76. The maximum atomic E-state index is 9.41. The minimum absolute atomic E-state index is 0.143. The Balaban J connectivity index is 2.99. The number of nitrogens with one attached hydrogen (secondary N) is 1. The van der Waals surface area contributed by atoms with Crippen molar-refractivity contribution in [1.29, 1.82) is 0 Å². The van der Waals surface area contributed by atoms with Crippen molar-refractivity contribution in [3.8, 4) is 0 Å². The number of benzene rings is 1. The van der Waals surface area contributed by atoms with Gasteiger partial charge in [0.1, 0.15) is 0 Å². The topological polar surface area (TPSA) is 32.3 Å². The van der Waals surface area contributed by atoms with E-state index in [2.05, 4.69) is 21.2 Å². The summed E-state index contributed by atoms with van der Waals surface area (Å²) in [6.45, 7) is 2.95. The van der Waals surface area contributed by atoms with Crippen LogP contribution in [0.1, 0.15) is 12.5 Å². The highest BCUT2D eigenvalue weighted by Crippen LogP contribution is 2.25. The third-order valence-electron chi connectivity index (χ3n) is 2.44. The average Bonchev–Trinajstić information content (AvgIpc) is 2.18. The summed E-state index contributed by atoms with van der Waals surface area (Å²) in [6.07, 6.45) is 0. The number of aliphatic hydroxyl groups is 1. The van der Waals surface area contributed by atoms with Gasteiger partial charge in [0.15, 0.2) is 0 Å². The van der Waals surface area contributed by atoms with Crippen LogP contribution in [-0.2, 0) is 5.41 Å². The van der Waals surface area contributed by atoms with E-state index in [9.17, 15) is 5.11 Å². The van der Waals surface area contributed by atoms with Crippen LogP contribution >= 0.6 is 15.9 Å². The van der Waals surface area contributed by atoms with Crippen molar-refractivity contribution in [3.63, 3.8) is 0 Å². The number of aliphatic hydroxyl groups excluding tert-OH is 1. The molecule has 1 aromatic carbocycles. The Morgan fingerprint density at radius 2 is 2.21 bits per heavy atom. The van der Waals surface area contributed by atoms with Gasteiger partial charge in [-0.25, -0.2) is 0 Å². The van der Waals surface area contributed by atoms with Gasteiger partial charge in [0.25, 0.3) is 0 Å². The van der Waals surface area contributed by atoms with Crippen molar-refractivity contribution in [2.24, 2.45) is 0 Å². The van der Waals surface area contributed by atoms with E-state index in [0.29, 0.717) is 0 Å². The first-order chi connectivity index (χ1) is 6.62. The molecule has 0 bridgehead atoms. The molecule has 1 unspecified atom stereocenters. The largest absolute Gasteiger partial charge is 0.395 e. The molecule has 3 heteroatoms. The Hall–Kier alpha value is -0.380. The van der Waals surface area contributed by atoms with E-state index < -0.39 is 0 Å². The van der Waals surface area contributed by atoms with Crippen molar-refractivity contribution in [3.05, 3.63) is 34.3 Å². The van der Waals surface area contributed by atoms with Gasteiger partial charge in [0, 0.05) is 16.4 Å². The predicted octanol–water partition coefficient (Wildman–Crippen LogP) is 1.92. The summed E-state index contributed by atoms with van der Waals surface area (Å²) in [5, 5.41) is 12.5. The lowest BCUT2D eigenvalue weighted by atomic mass is 9.83. The minimum Gasteiger partial charge on any atom is -0.395 e. The molecule has 1 aromatic rings. The molecule has 0 heterocycles. The number of halogens is 1. The lowest BCUT2D eigenvalue weighted by molar-refractivity contribution is 0.204. The summed E-state index contributed by atoms with van der Waals surface area (Å²) in [5.41, 5.74) is 0.933. The molecule has 14 heavy (non-hydrogen) atoms. The minimum atomic E-state index is -0.210. The Bertz CT molecular complexity index is 303. The first kappa shape index (κ1) is 11.7. The standard InChI is InChI=1S/C11H16BrNO/c1-11(8-14,7-13-2)9-4-3-5-10(12)6-9/h3-6,13-14H,7-8H2,1-2H3. The fourth-order valence-electron chi connectivity index (χ4n) is 1.50. The molecule has 0 radical (unpaired) electrons. The van der Waals surface area contributed by atoms with Crippen LogP contribution in [0.15, 0.2) is 28.7 Å². The van der Waals surface area contributed by atoms with Crippen molar-refractivity contribution < 1.29 is 5.11 Å². The SMILES string of the molecule is CNCC(C)(CO)c1cccc(Br)c1. The molecule has 1 rings (SSSR count). The normalized spacial score (nSPS) is 15.1. The van der Waals surface area contributed by atoms with Gasteiger partial charge in [-0.05, 0) is 24.7 Å². The Kier molecular flexibility index (Phi) is 4.11. The highest BCUT2D eigenvalue weighted by atomic mass is 79.9. The van der Waals surface area contributed by atoms with Gasteiger partial charge in [0.05, 0.1) is 6.61 Å². The molecule has 0 aliphatic carbocycles. The van der Waals surface area contributed by atoms with Crippen LogP contribution in [0.4, 0.5) is 0 Å². The van der Waals surface area contributed by atoms with Crippen LogP contribution in [0.25, 0.3) is 0 Å². The maximum absolute atomic E-state index is 9.41. The van der Waals surface area contributed by atoms with Gasteiger partial charge in [0.2, 0.25) is 0 Å². The van der Waals surface area contributed by atoms with Crippen LogP contribution in [0, 0.1) is 0 Å². The van der Waals surface area contributed by atoms with Crippen LogP contribution in [-0.4, -0.2) is 25.3 Å². The quantitative estimate of drug-likeness (QED) is 0.864. The fraction of sp³-hybridized carbons (Fsp3) is 0.455. The molecule has 0 amide bonds. The van der Waals surface area contributed by atoms with Crippen LogP contribution < -0.4 is 5.32 Å². The maximum Gasteiger partial charge on any atom is 0.0537 e. The summed E-state index contributed by atoms with van der Waals surface area (Å²) in [4.78, 5) is 0. The van der Waals surface area contributed by atoms with Crippen LogP contribution in [0.5, 0.6) is 0 Å². The number of hydrogen-bond donors (Lipinski definition) is 2. The molecule has 0 aromatic heterocycles. The first-order valence-corrected chi connectivity index (χ1v) is 5.43. The number of rotatable bonds is 4. The molecule has 0 saturated heterocycles. The zero-order valence-corrected chi connectivity index (χ0v) is 10.1. The van der Waals surface area contributed by atoms with Gasteiger partial charge in [-0.2, -0.15) is 0 Å². The summed E-state index contributed by atoms with van der Waals surface area (Å²) >= 11 is 3.43. The molecule has 1 atom stereocenters. The lowest BCUT2D eigenvalue weighted by Crippen LogP contribution is -2.37. The average molecular weight is 258 g/mol. The van der Waals surface area contributed by atoms with Gasteiger partial charge < -0.3 is 10.4 Å². The highest BCUT2D eigenvalue weighted by molar-refractivity contribution is 9.10. The second kappa shape index (κ2) is 4.91. The Labute approximate surface area is 93.5 Å². The van der Waals surface area contributed by atoms with Crippen molar-refractivity contribution in [2.45, 2.75) is 12.3 Å². The third-order valence-corrected chi connectivity index (χ3v) is 2.93. The van der Waals surface area contributed by atoms with Gasteiger partial charge in [-0.15, -0.1) is 0 Å².